The Balaban J connectivity index is 1.75. The van der Waals surface area contributed by atoms with Gasteiger partial charge in [0.25, 0.3) is 0 Å². The highest BCUT2D eigenvalue weighted by atomic mass is 79.9. The van der Waals surface area contributed by atoms with Gasteiger partial charge in [-0.15, -0.1) is 11.8 Å². The number of benzene rings is 2. The van der Waals surface area contributed by atoms with Crippen molar-refractivity contribution < 1.29 is 9.53 Å². The fraction of sp³-hybridized carbons (Fsp3) is 0.235. The van der Waals surface area contributed by atoms with Crippen molar-refractivity contribution in [3.63, 3.8) is 0 Å². The summed E-state index contributed by atoms with van der Waals surface area (Å²) in [5.74, 6) is 2.06. The minimum Gasteiger partial charge on any atom is -0.494 e. The molecule has 0 fully saturated rings. The molecule has 1 N–H and O–H groups in total. The van der Waals surface area contributed by atoms with Crippen LogP contribution in [-0.4, -0.2) is 18.3 Å². The number of anilines is 1. The highest BCUT2D eigenvalue weighted by Gasteiger charge is 2.04. The summed E-state index contributed by atoms with van der Waals surface area (Å²) in [7, 11) is 0. The summed E-state index contributed by atoms with van der Waals surface area (Å²) < 4.78 is 6.43. The number of nitrogens with one attached hydrogen (secondary N) is 1. The maximum atomic E-state index is 11.9. The van der Waals surface area contributed by atoms with Crippen LogP contribution in [0.1, 0.15) is 12.5 Å². The normalized spacial score (nSPS) is 10.3. The Morgan fingerprint density at radius 2 is 2.00 bits per heavy atom. The van der Waals surface area contributed by atoms with Crippen molar-refractivity contribution in [3.05, 3.63) is 58.6 Å². The number of carbonyl (C=O) groups is 1. The molecule has 0 aliphatic carbocycles. The van der Waals surface area contributed by atoms with E-state index < -0.39 is 0 Å². The first-order valence-corrected chi connectivity index (χ1v) is 8.97. The molecular weight excluding hydrogens is 362 g/mol. The molecule has 0 aromatic heterocycles. The number of thioether (sulfide) groups is 1. The van der Waals surface area contributed by atoms with Crippen molar-refractivity contribution in [3.8, 4) is 5.75 Å². The van der Waals surface area contributed by atoms with E-state index in [-0.39, 0.29) is 5.91 Å². The Morgan fingerprint density at radius 3 is 2.68 bits per heavy atom. The van der Waals surface area contributed by atoms with Gasteiger partial charge >= 0.3 is 0 Å². The molecular formula is C17H18BrNO2S. The summed E-state index contributed by atoms with van der Waals surface area (Å²) in [6, 6.07) is 15.5. The number of halogens is 1. The van der Waals surface area contributed by atoms with E-state index in [0.717, 1.165) is 21.7 Å². The average molecular weight is 380 g/mol. The van der Waals surface area contributed by atoms with Crippen LogP contribution in [0.2, 0.25) is 0 Å². The quantitative estimate of drug-likeness (QED) is 0.756. The monoisotopic (exact) mass is 379 g/mol. The first-order chi connectivity index (χ1) is 10.7. The molecule has 0 heterocycles. The van der Waals surface area contributed by atoms with Gasteiger partial charge in [-0.05, 0) is 48.9 Å². The lowest BCUT2D eigenvalue weighted by atomic mass is 10.2. The molecule has 0 saturated carbocycles. The highest BCUT2D eigenvalue weighted by molar-refractivity contribution is 9.10. The fourth-order valence-electron chi connectivity index (χ4n) is 1.89. The van der Waals surface area contributed by atoms with E-state index >= 15 is 0 Å². The molecule has 2 aromatic rings. The molecule has 2 rings (SSSR count). The second-order valence-electron chi connectivity index (χ2n) is 4.63. The Hall–Kier alpha value is -1.46. The van der Waals surface area contributed by atoms with E-state index in [0.29, 0.717) is 12.4 Å². The third-order valence-corrected chi connectivity index (χ3v) is 4.34. The maximum absolute atomic E-state index is 11.9. The predicted octanol–water partition coefficient (Wildman–Crippen LogP) is 4.72. The number of hydrogen-bond acceptors (Lipinski definition) is 3. The van der Waals surface area contributed by atoms with Crippen molar-refractivity contribution in [1.29, 1.82) is 0 Å². The first kappa shape index (κ1) is 16.9. The summed E-state index contributed by atoms with van der Waals surface area (Å²) in [4.78, 5) is 11.9. The van der Waals surface area contributed by atoms with Crippen LogP contribution in [0.25, 0.3) is 0 Å². The van der Waals surface area contributed by atoms with Crippen LogP contribution in [0.5, 0.6) is 5.75 Å². The third kappa shape index (κ3) is 5.73. The van der Waals surface area contributed by atoms with Crippen LogP contribution in [0.15, 0.2) is 53.0 Å². The highest BCUT2D eigenvalue weighted by Crippen LogP contribution is 2.18. The van der Waals surface area contributed by atoms with Gasteiger partial charge in [-0.3, -0.25) is 4.79 Å². The average Bonchev–Trinajstić information content (AvgIpc) is 2.50. The van der Waals surface area contributed by atoms with Crippen LogP contribution in [0.3, 0.4) is 0 Å². The lowest BCUT2D eigenvalue weighted by Crippen LogP contribution is -2.14. The standard InChI is InChI=1S/C17H18BrNO2S/c1-2-21-16-8-6-15(7-9-16)19-17(20)12-22-11-13-4-3-5-14(18)10-13/h3-10H,2,11-12H2,1H3,(H,19,20). The molecule has 0 spiro atoms. The van der Waals surface area contributed by atoms with Crippen molar-refractivity contribution >= 4 is 39.3 Å². The Kier molecular flexibility index (Phi) is 6.80. The zero-order chi connectivity index (χ0) is 15.8. The van der Waals surface area contributed by atoms with Crippen LogP contribution in [0.4, 0.5) is 5.69 Å². The predicted molar refractivity (Wildman–Crippen MR) is 96.5 cm³/mol. The largest absolute Gasteiger partial charge is 0.494 e. The Morgan fingerprint density at radius 1 is 1.23 bits per heavy atom. The fourth-order valence-corrected chi connectivity index (χ4v) is 3.11. The van der Waals surface area contributed by atoms with Gasteiger partial charge in [0.2, 0.25) is 5.91 Å². The van der Waals surface area contributed by atoms with E-state index in [4.69, 9.17) is 4.74 Å². The third-order valence-electron chi connectivity index (χ3n) is 2.84. The molecule has 0 saturated heterocycles. The minimum absolute atomic E-state index is 0.00385. The van der Waals surface area contributed by atoms with E-state index in [1.165, 1.54) is 5.56 Å². The summed E-state index contributed by atoms with van der Waals surface area (Å²) >= 11 is 5.04. The van der Waals surface area contributed by atoms with Crippen LogP contribution < -0.4 is 10.1 Å². The SMILES string of the molecule is CCOc1ccc(NC(=O)CSCc2cccc(Br)c2)cc1. The minimum atomic E-state index is 0.00385. The van der Waals surface area contributed by atoms with Crippen LogP contribution in [-0.2, 0) is 10.5 Å². The number of rotatable bonds is 7. The molecule has 22 heavy (non-hydrogen) atoms. The van der Waals surface area contributed by atoms with Gasteiger partial charge in [-0.2, -0.15) is 0 Å². The second kappa shape index (κ2) is 8.86. The summed E-state index contributed by atoms with van der Waals surface area (Å²) in [5.41, 5.74) is 1.99. The van der Waals surface area contributed by atoms with E-state index in [1.54, 1.807) is 11.8 Å². The van der Waals surface area contributed by atoms with Gasteiger partial charge in [0, 0.05) is 15.9 Å². The molecule has 0 aliphatic heterocycles. The number of amides is 1. The number of carbonyl (C=O) groups excluding carboxylic acids is 1. The van der Waals surface area contributed by atoms with Gasteiger partial charge in [0.05, 0.1) is 12.4 Å². The molecule has 0 radical (unpaired) electrons. The smallest absolute Gasteiger partial charge is 0.234 e. The molecule has 0 atom stereocenters. The molecule has 0 bridgehead atoms. The molecule has 1 amide bonds. The maximum Gasteiger partial charge on any atom is 0.234 e. The van der Waals surface area contributed by atoms with Crippen molar-refractivity contribution in [2.45, 2.75) is 12.7 Å². The van der Waals surface area contributed by atoms with Gasteiger partial charge in [-0.1, -0.05) is 28.1 Å². The van der Waals surface area contributed by atoms with Gasteiger partial charge in [0.1, 0.15) is 5.75 Å². The lowest BCUT2D eigenvalue weighted by Gasteiger charge is -2.07. The summed E-state index contributed by atoms with van der Waals surface area (Å²) in [6.45, 7) is 2.58. The molecule has 5 heteroatoms. The van der Waals surface area contributed by atoms with Crippen LogP contribution in [0, 0.1) is 0 Å². The van der Waals surface area contributed by atoms with E-state index in [9.17, 15) is 4.79 Å². The Labute approximate surface area is 143 Å². The molecule has 116 valence electrons. The molecule has 0 aliphatic rings. The van der Waals surface area contributed by atoms with Gasteiger partial charge < -0.3 is 10.1 Å². The van der Waals surface area contributed by atoms with Gasteiger partial charge in [-0.25, -0.2) is 0 Å². The van der Waals surface area contributed by atoms with E-state index in [2.05, 4.69) is 33.4 Å². The van der Waals surface area contributed by atoms with Gasteiger partial charge in [0.15, 0.2) is 0 Å². The number of hydrogen-bond donors (Lipinski definition) is 1. The van der Waals surface area contributed by atoms with Crippen molar-refractivity contribution in [1.82, 2.24) is 0 Å². The topological polar surface area (TPSA) is 38.3 Å². The van der Waals surface area contributed by atoms with Crippen LogP contribution >= 0.6 is 27.7 Å². The molecule has 2 aromatic carbocycles. The molecule has 3 nitrogen and oxygen atoms in total. The summed E-state index contributed by atoms with van der Waals surface area (Å²) in [6.07, 6.45) is 0. The van der Waals surface area contributed by atoms with Crippen molar-refractivity contribution in [2.24, 2.45) is 0 Å². The lowest BCUT2D eigenvalue weighted by molar-refractivity contribution is -0.113. The zero-order valence-corrected chi connectivity index (χ0v) is 14.7. The molecule has 0 unspecified atom stereocenters. The Bertz CT molecular complexity index is 616. The second-order valence-corrected chi connectivity index (χ2v) is 6.53. The van der Waals surface area contributed by atoms with Crippen molar-refractivity contribution in [2.75, 3.05) is 17.7 Å². The number of ether oxygens (including phenoxy) is 1. The first-order valence-electron chi connectivity index (χ1n) is 7.02. The summed E-state index contributed by atoms with van der Waals surface area (Å²) in [5, 5.41) is 2.88. The van der Waals surface area contributed by atoms with E-state index in [1.807, 2.05) is 43.3 Å². The zero-order valence-electron chi connectivity index (χ0n) is 12.3.